The molecule has 0 spiro atoms. The van der Waals surface area contributed by atoms with E-state index in [4.69, 9.17) is 0 Å². The first kappa shape index (κ1) is 13.4. The lowest BCUT2D eigenvalue weighted by molar-refractivity contribution is 0.674. The Morgan fingerprint density at radius 2 is 1.89 bits per heavy atom. The van der Waals surface area contributed by atoms with E-state index in [1.165, 1.54) is 21.9 Å². The fourth-order valence-corrected chi connectivity index (χ4v) is 2.30. The largest absolute Gasteiger partial charge is 0.198 e. The van der Waals surface area contributed by atoms with Gasteiger partial charge in [0.25, 0.3) is 0 Å². The summed E-state index contributed by atoms with van der Waals surface area (Å²) >= 11 is 0. The van der Waals surface area contributed by atoms with E-state index in [2.05, 4.69) is 68.5 Å². The van der Waals surface area contributed by atoms with Gasteiger partial charge in [0.2, 0.25) is 0 Å². The zero-order chi connectivity index (χ0) is 13.7. The van der Waals surface area contributed by atoms with Crippen molar-refractivity contribution in [1.29, 1.82) is 5.26 Å². The number of benzene rings is 2. The smallest absolute Gasteiger partial charge is 0.0662 e. The molecule has 0 heterocycles. The molecule has 0 aliphatic heterocycles. The van der Waals surface area contributed by atoms with E-state index in [-0.39, 0.29) is 5.92 Å². The van der Waals surface area contributed by atoms with Gasteiger partial charge in [-0.3, -0.25) is 0 Å². The molecule has 0 saturated heterocycles. The molecule has 1 atom stereocenters. The van der Waals surface area contributed by atoms with Crippen LogP contribution in [-0.4, -0.2) is 0 Å². The Morgan fingerprint density at radius 1 is 1.16 bits per heavy atom. The van der Waals surface area contributed by atoms with Crippen LogP contribution in [0.1, 0.15) is 25.8 Å². The Hall–Kier alpha value is -2.07. The minimum Gasteiger partial charge on any atom is -0.198 e. The van der Waals surface area contributed by atoms with Gasteiger partial charge in [-0.25, -0.2) is 0 Å². The van der Waals surface area contributed by atoms with Crippen LogP contribution in [0.15, 0.2) is 54.1 Å². The van der Waals surface area contributed by atoms with Gasteiger partial charge < -0.3 is 0 Å². The monoisotopic (exact) mass is 249 g/mol. The van der Waals surface area contributed by atoms with Crippen molar-refractivity contribution in [1.82, 2.24) is 0 Å². The normalized spacial score (nSPS) is 11.8. The van der Waals surface area contributed by atoms with Crippen molar-refractivity contribution in [3.05, 3.63) is 59.7 Å². The molecule has 0 radical (unpaired) electrons. The standard InChI is InChI=1S/C18H19N/c1-14(2)10-11-15(13-19)12-17-8-5-7-16-6-3-4-9-18(16)17/h3-10,15H,11-12H2,1-2H3/t15-/m1/s1. The molecule has 96 valence electrons. The summed E-state index contributed by atoms with van der Waals surface area (Å²) in [5.74, 6) is 0.0562. The number of rotatable bonds is 4. The molecule has 2 aromatic rings. The first-order chi connectivity index (χ1) is 9.20. The first-order valence-electron chi connectivity index (χ1n) is 6.70. The average molecular weight is 249 g/mol. The maximum absolute atomic E-state index is 9.29. The molecule has 0 saturated carbocycles. The van der Waals surface area contributed by atoms with Crippen molar-refractivity contribution in [2.45, 2.75) is 26.7 Å². The van der Waals surface area contributed by atoms with Crippen LogP contribution in [0.3, 0.4) is 0 Å². The highest BCUT2D eigenvalue weighted by Crippen LogP contribution is 2.22. The van der Waals surface area contributed by atoms with Gasteiger partial charge in [0, 0.05) is 0 Å². The summed E-state index contributed by atoms with van der Waals surface area (Å²) in [6, 6.07) is 17.1. The third kappa shape index (κ3) is 3.45. The van der Waals surface area contributed by atoms with Crippen LogP contribution in [0.2, 0.25) is 0 Å². The maximum Gasteiger partial charge on any atom is 0.0662 e. The number of nitriles is 1. The quantitative estimate of drug-likeness (QED) is 0.708. The van der Waals surface area contributed by atoms with Gasteiger partial charge >= 0.3 is 0 Å². The fourth-order valence-electron chi connectivity index (χ4n) is 2.30. The molecule has 0 aromatic heterocycles. The van der Waals surface area contributed by atoms with Gasteiger partial charge in [-0.05, 0) is 43.0 Å². The average Bonchev–Trinajstić information content (AvgIpc) is 2.43. The van der Waals surface area contributed by atoms with Crippen molar-refractivity contribution in [2.75, 3.05) is 0 Å². The van der Waals surface area contributed by atoms with E-state index < -0.39 is 0 Å². The number of nitrogens with zero attached hydrogens (tertiary/aromatic N) is 1. The second-order valence-electron chi connectivity index (χ2n) is 5.19. The van der Waals surface area contributed by atoms with E-state index in [1.54, 1.807) is 0 Å². The molecule has 19 heavy (non-hydrogen) atoms. The number of allylic oxidation sites excluding steroid dienone is 2. The van der Waals surface area contributed by atoms with E-state index in [1.807, 2.05) is 0 Å². The van der Waals surface area contributed by atoms with Crippen LogP contribution in [0.4, 0.5) is 0 Å². The van der Waals surface area contributed by atoms with E-state index in [9.17, 15) is 5.26 Å². The molecule has 2 rings (SSSR count). The summed E-state index contributed by atoms with van der Waals surface area (Å²) in [7, 11) is 0. The molecule has 1 heteroatoms. The summed E-state index contributed by atoms with van der Waals surface area (Å²) < 4.78 is 0. The van der Waals surface area contributed by atoms with Gasteiger partial charge in [0.15, 0.2) is 0 Å². The van der Waals surface area contributed by atoms with Crippen molar-refractivity contribution in [3.63, 3.8) is 0 Å². The molecule has 0 amide bonds. The molecule has 0 N–H and O–H groups in total. The Balaban J connectivity index is 2.25. The third-order valence-corrected chi connectivity index (χ3v) is 3.34. The Bertz CT molecular complexity index is 622. The van der Waals surface area contributed by atoms with E-state index in [0.717, 1.165) is 12.8 Å². The first-order valence-corrected chi connectivity index (χ1v) is 6.70. The van der Waals surface area contributed by atoms with Crippen molar-refractivity contribution < 1.29 is 0 Å². The Morgan fingerprint density at radius 3 is 2.63 bits per heavy atom. The van der Waals surface area contributed by atoms with Crippen molar-refractivity contribution in [2.24, 2.45) is 5.92 Å². The van der Waals surface area contributed by atoms with E-state index in [0.29, 0.717) is 0 Å². The lowest BCUT2D eigenvalue weighted by Gasteiger charge is -2.10. The van der Waals surface area contributed by atoms with Crippen molar-refractivity contribution in [3.8, 4) is 6.07 Å². The van der Waals surface area contributed by atoms with Crippen molar-refractivity contribution >= 4 is 10.8 Å². The van der Waals surface area contributed by atoms with Crippen LogP contribution in [0, 0.1) is 17.2 Å². The Kier molecular flexibility index (Phi) is 4.36. The summed E-state index contributed by atoms with van der Waals surface area (Å²) in [5, 5.41) is 11.8. The van der Waals surface area contributed by atoms with E-state index >= 15 is 0 Å². The highest BCUT2D eigenvalue weighted by molar-refractivity contribution is 5.85. The molecule has 2 aromatic carbocycles. The summed E-state index contributed by atoms with van der Waals surface area (Å²) in [4.78, 5) is 0. The highest BCUT2D eigenvalue weighted by atomic mass is 14.3. The van der Waals surface area contributed by atoms with Crippen LogP contribution in [-0.2, 0) is 6.42 Å². The molecule has 0 bridgehead atoms. The number of hydrogen-bond acceptors (Lipinski definition) is 1. The Labute approximate surface area is 115 Å². The number of hydrogen-bond donors (Lipinski definition) is 0. The molecule has 0 unspecified atom stereocenters. The maximum atomic E-state index is 9.29. The third-order valence-electron chi connectivity index (χ3n) is 3.34. The minimum absolute atomic E-state index is 0.0562. The summed E-state index contributed by atoms with van der Waals surface area (Å²) in [5.41, 5.74) is 2.55. The lowest BCUT2D eigenvalue weighted by Crippen LogP contribution is -2.01. The number of fused-ring (bicyclic) bond motifs is 1. The molecule has 0 aliphatic carbocycles. The predicted octanol–water partition coefficient (Wildman–Crippen LogP) is 4.88. The van der Waals surface area contributed by atoms with Crippen LogP contribution in [0.5, 0.6) is 0 Å². The second kappa shape index (κ2) is 6.20. The zero-order valence-electron chi connectivity index (χ0n) is 11.6. The van der Waals surface area contributed by atoms with Gasteiger partial charge in [-0.15, -0.1) is 0 Å². The van der Waals surface area contributed by atoms with Crippen LogP contribution in [0.25, 0.3) is 10.8 Å². The fraction of sp³-hybridized carbons (Fsp3) is 0.278. The lowest BCUT2D eigenvalue weighted by atomic mass is 9.93. The predicted molar refractivity (Wildman–Crippen MR) is 80.8 cm³/mol. The molecule has 0 fully saturated rings. The SMILES string of the molecule is CC(C)=CC[C@@H](C#N)Cc1cccc2ccccc12. The van der Waals surface area contributed by atoms with Crippen LogP contribution < -0.4 is 0 Å². The highest BCUT2D eigenvalue weighted by Gasteiger charge is 2.09. The second-order valence-corrected chi connectivity index (χ2v) is 5.19. The van der Waals surface area contributed by atoms with Gasteiger partial charge in [0.05, 0.1) is 12.0 Å². The van der Waals surface area contributed by atoms with Gasteiger partial charge in [0.1, 0.15) is 0 Å². The topological polar surface area (TPSA) is 23.8 Å². The molecule has 1 nitrogen and oxygen atoms in total. The molecular weight excluding hydrogens is 230 g/mol. The molecule has 0 aliphatic rings. The molecular formula is C18H19N. The van der Waals surface area contributed by atoms with Gasteiger partial charge in [-0.2, -0.15) is 5.26 Å². The minimum atomic E-state index is 0.0562. The zero-order valence-corrected chi connectivity index (χ0v) is 11.6. The summed E-state index contributed by atoms with van der Waals surface area (Å²) in [6.45, 7) is 4.15. The van der Waals surface area contributed by atoms with Crippen LogP contribution >= 0.6 is 0 Å². The summed E-state index contributed by atoms with van der Waals surface area (Å²) in [6.07, 6.45) is 3.81. The van der Waals surface area contributed by atoms with Gasteiger partial charge in [-0.1, -0.05) is 54.1 Å².